The van der Waals surface area contributed by atoms with Gasteiger partial charge in [-0.3, -0.25) is 9.59 Å². The molecule has 0 spiro atoms. The number of carbonyl (C=O) groups excluding carboxylic acids is 2. The quantitative estimate of drug-likeness (QED) is 0.481. The molecule has 2 atom stereocenters. The molecule has 0 saturated carbocycles. The van der Waals surface area contributed by atoms with E-state index in [2.05, 4.69) is 10.4 Å². The molecule has 3 aromatic heterocycles. The monoisotopic (exact) mass is 462 g/mol. The van der Waals surface area contributed by atoms with Crippen molar-refractivity contribution in [2.75, 3.05) is 13.6 Å². The largest absolute Gasteiger partial charge is 0.460 e. The molecule has 9 heteroatoms. The summed E-state index contributed by atoms with van der Waals surface area (Å²) in [5, 5.41) is 17.8. The van der Waals surface area contributed by atoms with Crippen molar-refractivity contribution in [3.8, 4) is 11.5 Å². The van der Waals surface area contributed by atoms with E-state index in [9.17, 15) is 14.7 Å². The first-order valence-electron chi connectivity index (χ1n) is 11.2. The molecule has 0 unspecified atom stereocenters. The van der Waals surface area contributed by atoms with Crippen LogP contribution in [0.4, 0.5) is 0 Å². The lowest BCUT2D eigenvalue weighted by molar-refractivity contribution is 0.0666. The standard InChI is InChI=1S/C25H26N4O5/c1-13-18(25(32)28-10-8-19(30)14(28)2)12-29-23(13)20(7-9-27-29)34-16-5-6-17-21(11-16)33-15(3)22(17)24(31)26-4/h5-7,9,11-12,14,19,30H,8,10H2,1-4H3,(H,26,31)/t14-,19+/m1/s1. The van der Waals surface area contributed by atoms with Crippen LogP contribution in [0.15, 0.2) is 41.1 Å². The summed E-state index contributed by atoms with van der Waals surface area (Å²) in [5.74, 6) is 1.26. The molecule has 1 aliphatic rings. The van der Waals surface area contributed by atoms with E-state index in [1.54, 1.807) is 60.0 Å². The lowest BCUT2D eigenvalue weighted by Gasteiger charge is -2.22. The van der Waals surface area contributed by atoms with Gasteiger partial charge in [0.25, 0.3) is 11.8 Å². The number of carbonyl (C=O) groups is 2. The summed E-state index contributed by atoms with van der Waals surface area (Å²) in [5.41, 5.74) is 3.00. The molecule has 1 saturated heterocycles. The molecule has 1 fully saturated rings. The first-order chi connectivity index (χ1) is 16.3. The Morgan fingerprint density at radius 3 is 2.76 bits per heavy atom. The Hall–Kier alpha value is -3.85. The number of nitrogens with one attached hydrogen (secondary N) is 1. The molecular weight excluding hydrogens is 436 g/mol. The molecule has 2 N–H and O–H groups in total. The predicted octanol–water partition coefficient (Wildman–Crippen LogP) is 3.44. The third-order valence-electron chi connectivity index (χ3n) is 6.62. The second-order valence-corrected chi connectivity index (χ2v) is 8.62. The van der Waals surface area contributed by atoms with Gasteiger partial charge in [0.05, 0.1) is 29.5 Å². The molecule has 4 aromatic rings. The van der Waals surface area contributed by atoms with E-state index in [1.165, 1.54) is 0 Å². The average Bonchev–Trinajstić information content (AvgIpc) is 3.45. The number of aliphatic hydroxyl groups is 1. The molecule has 2 amide bonds. The smallest absolute Gasteiger partial charge is 0.256 e. The van der Waals surface area contributed by atoms with Crippen LogP contribution in [-0.4, -0.2) is 57.2 Å². The number of amides is 2. The summed E-state index contributed by atoms with van der Waals surface area (Å²) in [6.07, 6.45) is 3.37. The van der Waals surface area contributed by atoms with Gasteiger partial charge in [-0.2, -0.15) is 5.10 Å². The first-order valence-corrected chi connectivity index (χ1v) is 11.2. The predicted molar refractivity (Wildman–Crippen MR) is 125 cm³/mol. The Morgan fingerprint density at radius 2 is 2.06 bits per heavy atom. The third kappa shape index (κ3) is 3.40. The topological polar surface area (TPSA) is 109 Å². The van der Waals surface area contributed by atoms with E-state index >= 15 is 0 Å². The zero-order chi connectivity index (χ0) is 24.1. The fourth-order valence-corrected chi connectivity index (χ4v) is 4.68. The molecule has 0 aliphatic carbocycles. The Kier molecular flexibility index (Phi) is 5.28. The number of aromatic nitrogens is 2. The van der Waals surface area contributed by atoms with Crippen molar-refractivity contribution in [3.63, 3.8) is 0 Å². The molecule has 1 aliphatic heterocycles. The van der Waals surface area contributed by atoms with Crippen LogP contribution in [0.5, 0.6) is 11.5 Å². The molecule has 34 heavy (non-hydrogen) atoms. The van der Waals surface area contributed by atoms with E-state index in [4.69, 9.17) is 9.15 Å². The molecule has 9 nitrogen and oxygen atoms in total. The Labute approximate surface area is 195 Å². The van der Waals surface area contributed by atoms with Crippen LogP contribution in [0.3, 0.4) is 0 Å². The highest BCUT2D eigenvalue weighted by molar-refractivity contribution is 6.07. The van der Waals surface area contributed by atoms with E-state index < -0.39 is 6.10 Å². The van der Waals surface area contributed by atoms with Gasteiger partial charge in [0.2, 0.25) is 0 Å². The molecular formula is C25H26N4O5. The van der Waals surface area contributed by atoms with Crippen molar-refractivity contribution < 1.29 is 23.8 Å². The van der Waals surface area contributed by atoms with E-state index in [0.29, 0.717) is 57.8 Å². The normalized spacial score (nSPS) is 18.1. The molecule has 4 heterocycles. The number of aliphatic hydroxyl groups excluding tert-OH is 1. The number of furan rings is 1. The number of rotatable bonds is 4. The van der Waals surface area contributed by atoms with E-state index in [0.717, 1.165) is 5.56 Å². The van der Waals surface area contributed by atoms with Crippen molar-refractivity contribution in [2.45, 2.75) is 39.3 Å². The highest BCUT2D eigenvalue weighted by atomic mass is 16.5. The third-order valence-corrected chi connectivity index (χ3v) is 6.62. The number of ether oxygens (including phenoxy) is 1. The lowest BCUT2D eigenvalue weighted by Crippen LogP contribution is -2.37. The number of nitrogens with zero attached hydrogens (tertiary/aromatic N) is 3. The Balaban J connectivity index is 1.51. The summed E-state index contributed by atoms with van der Waals surface area (Å²) in [4.78, 5) is 27.1. The summed E-state index contributed by atoms with van der Waals surface area (Å²) in [6.45, 7) is 5.99. The number of benzene rings is 1. The molecule has 176 valence electrons. The maximum atomic E-state index is 13.2. The van der Waals surface area contributed by atoms with Crippen LogP contribution in [0, 0.1) is 13.8 Å². The van der Waals surface area contributed by atoms with Gasteiger partial charge in [-0.1, -0.05) is 0 Å². The number of hydrogen-bond donors (Lipinski definition) is 2. The molecule has 0 bridgehead atoms. The van der Waals surface area contributed by atoms with Gasteiger partial charge in [-0.25, -0.2) is 4.52 Å². The van der Waals surface area contributed by atoms with Crippen molar-refractivity contribution in [1.82, 2.24) is 19.8 Å². The fraction of sp³-hybridized carbons (Fsp3) is 0.320. The van der Waals surface area contributed by atoms with Crippen LogP contribution < -0.4 is 10.1 Å². The molecule has 1 aromatic carbocycles. The van der Waals surface area contributed by atoms with Crippen LogP contribution >= 0.6 is 0 Å². The van der Waals surface area contributed by atoms with Crippen molar-refractivity contribution in [2.24, 2.45) is 0 Å². The van der Waals surface area contributed by atoms with Crippen molar-refractivity contribution in [3.05, 3.63) is 59.1 Å². The second-order valence-electron chi connectivity index (χ2n) is 8.62. The van der Waals surface area contributed by atoms with Crippen molar-refractivity contribution in [1.29, 1.82) is 0 Å². The zero-order valence-corrected chi connectivity index (χ0v) is 19.5. The minimum Gasteiger partial charge on any atom is -0.460 e. The van der Waals surface area contributed by atoms with Gasteiger partial charge in [0.1, 0.15) is 22.6 Å². The van der Waals surface area contributed by atoms with Crippen LogP contribution in [-0.2, 0) is 0 Å². The van der Waals surface area contributed by atoms with Gasteiger partial charge in [-0.05, 0) is 44.9 Å². The maximum Gasteiger partial charge on any atom is 0.256 e. The zero-order valence-electron chi connectivity index (χ0n) is 19.5. The lowest BCUT2D eigenvalue weighted by atomic mass is 10.1. The van der Waals surface area contributed by atoms with Crippen LogP contribution in [0.2, 0.25) is 0 Å². The summed E-state index contributed by atoms with van der Waals surface area (Å²) in [7, 11) is 1.58. The van der Waals surface area contributed by atoms with Gasteiger partial charge in [0.15, 0.2) is 5.75 Å². The van der Waals surface area contributed by atoms with E-state index in [-0.39, 0.29) is 17.9 Å². The first kappa shape index (κ1) is 22.0. The van der Waals surface area contributed by atoms with Crippen LogP contribution in [0.25, 0.3) is 16.5 Å². The second kappa shape index (κ2) is 8.18. The average molecular weight is 463 g/mol. The SMILES string of the molecule is CNC(=O)c1c(C)oc2cc(Oc3ccnn4cc(C(=O)N5CC[C@H](O)[C@H]5C)c(C)c34)ccc12. The summed E-state index contributed by atoms with van der Waals surface area (Å²) in [6, 6.07) is 6.82. The molecule has 5 rings (SSSR count). The summed E-state index contributed by atoms with van der Waals surface area (Å²) >= 11 is 0. The Bertz CT molecular complexity index is 1440. The molecule has 0 radical (unpaired) electrons. The Morgan fingerprint density at radius 1 is 1.26 bits per heavy atom. The maximum absolute atomic E-state index is 13.2. The highest BCUT2D eigenvalue weighted by Gasteiger charge is 2.34. The minimum atomic E-state index is -0.512. The number of hydrogen-bond acceptors (Lipinski definition) is 6. The van der Waals surface area contributed by atoms with Gasteiger partial charge >= 0.3 is 0 Å². The van der Waals surface area contributed by atoms with Crippen LogP contribution in [0.1, 0.15) is 45.4 Å². The number of likely N-dealkylation sites (tertiary alicyclic amines) is 1. The van der Waals surface area contributed by atoms with Crippen molar-refractivity contribution >= 4 is 28.3 Å². The van der Waals surface area contributed by atoms with Gasteiger partial charge in [0, 0.05) is 37.3 Å². The fourth-order valence-electron chi connectivity index (χ4n) is 4.68. The van der Waals surface area contributed by atoms with Gasteiger partial charge < -0.3 is 24.5 Å². The highest BCUT2D eigenvalue weighted by Crippen LogP contribution is 2.34. The number of fused-ring (bicyclic) bond motifs is 2. The van der Waals surface area contributed by atoms with E-state index in [1.807, 2.05) is 13.8 Å². The van der Waals surface area contributed by atoms with Gasteiger partial charge in [-0.15, -0.1) is 0 Å². The summed E-state index contributed by atoms with van der Waals surface area (Å²) < 4.78 is 13.6. The minimum absolute atomic E-state index is 0.132. The number of aryl methyl sites for hydroxylation is 2.